The summed E-state index contributed by atoms with van der Waals surface area (Å²) in [6.45, 7) is 4.48. The van der Waals surface area contributed by atoms with E-state index in [2.05, 4.69) is 46.5 Å². The summed E-state index contributed by atoms with van der Waals surface area (Å²) in [7, 11) is 2.20. The molecule has 1 fully saturated rings. The van der Waals surface area contributed by atoms with Gasteiger partial charge in [0.25, 0.3) is 0 Å². The van der Waals surface area contributed by atoms with Crippen LogP contribution in [0.3, 0.4) is 0 Å². The lowest BCUT2D eigenvalue weighted by Crippen LogP contribution is -2.23. The zero-order chi connectivity index (χ0) is 14.7. The first-order valence-electron chi connectivity index (χ1n) is 7.54. The van der Waals surface area contributed by atoms with Gasteiger partial charge in [-0.05, 0) is 70.1 Å². The zero-order valence-corrected chi connectivity index (χ0v) is 12.7. The van der Waals surface area contributed by atoms with Crippen LogP contribution in [0.2, 0.25) is 0 Å². The summed E-state index contributed by atoms with van der Waals surface area (Å²) in [5, 5.41) is 11.4. The van der Waals surface area contributed by atoms with Gasteiger partial charge in [-0.25, -0.2) is 0 Å². The summed E-state index contributed by atoms with van der Waals surface area (Å²) in [4.78, 5) is 2.41. The molecule has 1 aliphatic heterocycles. The monoisotopic (exact) mass is 286 g/mol. The van der Waals surface area contributed by atoms with Gasteiger partial charge >= 0.3 is 0 Å². The van der Waals surface area contributed by atoms with Crippen LogP contribution < -0.4 is 5.32 Å². The number of likely N-dealkylation sites (tertiary alicyclic amines) is 1. The molecule has 1 atom stereocenters. The third kappa shape index (κ3) is 3.42. The quantitative estimate of drug-likeness (QED) is 0.940. The Bertz CT molecular complexity index is 582. The number of rotatable bonds is 3. The van der Waals surface area contributed by atoms with Gasteiger partial charge in [0, 0.05) is 17.3 Å². The van der Waals surface area contributed by atoms with Crippen LogP contribution in [0.25, 0.3) is 11.5 Å². The van der Waals surface area contributed by atoms with E-state index < -0.39 is 0 Å². The van der Waals surface area contributed by atoms with Crippen molar-refractivity contribution in [2.45, 2.75) is 32.2 Å². The Morgan fingerprint density at radius 3 is 2.95 bits per heavy atom. The Labute approximate surface area is 125 Å². The SMILES string of the molecule is Cc1cc(-c2nnco2)ccc1NC1CCCN(C)CC1. The number of benzene rings is 1. The van der Waals surface area contributed by atoms with Crippen molar-refractivity contribution < 1.29 is 4.42 Å². The van der Waals surface area contributed by atoms with Gasteiger partial charge in [0.2, 0.25) is 12.3 Å². The average molecular weight is 286 g/mol. The first-order valence-corrected chi connectivity index (χ1v) is 7.54. The van der Waals surface area contributed by atoms with Crippen LogP contribution in [0.5, 0.6) is 0 Å². The van der Waals surface area contributed by atoms with Gasteiger partial charge in [0.05, 0.1) is 0 Å². The lowest BCUT2D eigenvalue weighted by molar-refractivity contribution is 0.348. The molecule has 1 aromatic carbocycles. The molecular formula is C16H22N4O. The predicted octanol–water partition coefficient (Wildman–Crippen LogP) is 2.94. The highest BCUT2D eigenvalue weighted by Gasteiger charge is 2.15. The van der Waals surface area contributed by atoms with Gasteiger partial charge in [-0.3, -0.25) is 0 Å². The molecule has 1 aromatic heterocycles. The van der Waals surface area contributed by atoms with Crippen LogP contribution in [0.1, 0.15) is 24.8 Å². The Hall–Kier alpha value is -1.88. The van der Waals surface area contributed by atoms with Crippen molar-refractivity contribution in [2.75, 3.05) is 25.5 Å². The number of anilines is 1. The highest BCUT2D eigenvalue weighted by Crippen LogP contribution is 2.25. The molecule has 0 amide bonds. The molecule has 0 radical (unpaired) electrons. The van der Waals surface area contributed by atoms with E-state index in [4.69, 9.17) is 4.42 Å². The van der Waals surface area contributed by atoms with Crippen molar-refractivity contribution in [1.29, 1.82) is 0 Å². The fourth-order valence-corrected chi connectivity index (χ4v) is 2.86. The lowest BCUT2D eigenvalue weighted by Gasteiger charge is -2.19. The van der Waals surface area contributed by atoms with Crippen molar-refractivity contribution in [2.24, 2.45) is 0 Å². The second-order valence-corrected chi connectivity index (χ2v) is 5.85. The van der Waals surface area contributed by atoms with E-state index >= 15 is 0 Å². The fourth-order valence-electron chi connectivity index (χ4n) is 2.86. The first kappa shape index (κ1) is 14.1. The summed E-state index contributed by atoms with van der Waals surface area (Å²) in [6, 6.07) is 6.80. The maximum Gasteiger partial charge on any atom is 0.247 e. The molecule has 1 saturated heterocycles. The Balaban J connectivity index is 1.71. The Morgan fingerprint density at radius 2 is 2.19 bits per heavy atom. The summed E-state index contributed by atoms with van der Waals surface area (Å²) >= 11 is 0. The van der Waals surface area contributed by atoms with Crippen LogP contribution in [-0.4, -0.2) is 41.3 Å². The zero-order valence-electron chi connectivity index (χ0n) is 12.7. The van der Waals surface area contributed by atoms with Crippen LogP contribution in [0, 0.1) is 6.92 Å². The second kappa shape index (κ2) is 6.26. The maximum absolute atomic E-state index is 5.24. The molecule has 0 saturated carbocycles. The molecule has 1 N–H and O–H groups in total. The minimum atomic E-state index is 0.558. The van der Waals surface area contributed by atoms with Gasteiger partial charge in [0.1, 0.15) is 0 Å². The number of aromatic nitrogens is 2. The van der Waals surface area contributed by atoms with Crippen LogP contribution in [0.4, 0.5) is 5.69 Å². The van der Waals surface area contributed by atoms with E-state index in [1.54, 1.807) is 0 Å². The van der Waals surface area contributed by atoms with Gasteiger partial charge in [0.15, 0.2) is 0 Å². The molecule has 0 aliphatic carbocycles. The topological polar surface area (TPSA) is 54.2 Å². The standard InChI is InChI=1S/C16H22N4O/c1-12-10-13(16-19-17-11-21-16)5-6-15(12)18-14-4-3-8-20(2)9-7-14/h5-6,10-11,14,18H,3-4,7-9H2,1-2H3. The number of nitrogens with one attached hydrogen (secondary N) is 1. The Morgan fingerprint density at radius 1 is 1.29 bits per heavy atom. The number of aryl methyl sites for hydroxylation is 1. The van der Waals surface area contributed by atoms with E-state index in [1.165, 1.54) is 43.5 Å². The van der Waals surface area contributed by atoms with E-state index in [9.17, 15) is 0 Å². The molecule has 1 aliphatic rings. The minimum Gasteiger partial charge on any atom is -0.423 e. The number of hydrogen-bond acceptors (Lipinski definition) is 5. The van der Waals surface area contributed by atoms with E-state index in [0.29, 0.717) is 11.9 Å². The highest BCUT2D eigenvalue weighted by molar-refractivity contribution is 5.62. The van der Waals surface area contributed by atoms with E-state index in [-0.39, 0.29) is 0 Å². The van der Waals surface area contributed by atoms with Crippen molar-refractivity contribution in [3.05, 3.63) is 30.2 Å². The highest BCUT2D eigenvalue weighted by atomic mass is 16.4. The predicted molar refractivity (Wildman–Crippen MR) is 83.2 cm³/mol. The lowest BCUT2D eigenvalue weighted by atomic mass is 10.1. The summed E-state index contributed by atoms with van der Waals surface area (Å²) in [5.74, 6) is 0.570. The van der Waals surface area contributed by atoms with Crippen molar-refractivity contribution in [1.82, 2.24) is 15.1 Å². The molecule has 0 bridgehead atoms. The third-order valence-corrected chi connectivity index (χ3v) is 4.14. The van der Waals surface area contributed by atoms with Crippen LogP contribution in [-0.2, 0) is 0 Å². The molecule has 0 spiro atoms. The second-order valence-electron chi connectivity index (χ2n) is 5.85. The number of nitrogens with zero attached hydrogens (tertiary/aromatic N) is 3. The first-order chi connectivity index (χ1) is 10.2. The molecule has 2 heterocycles. The van der Waals surface area contributed by atoms with E-state index in [0.717, 1.165) is 12.1 Å². The summed E-state index contributed by atoms with van der Waals surface area (Å²) in [6.07, 6.45) is 5.04. The number of hydrogen-bond donors (Lipinski definition) is 1. The molecule has 5 heteroatoms. The van der Waals surface area contributed by atoms with Crippen molar-refractivity contribution in [3.63, 3.8) is 0 Å². The van der Waals surface area contributed by atoms with E-state index in [1.807, 2.05) is 6.07 Å². The fraction of sp³-hybridized carbons (Fsp3) is 0.500. The molecule has 2 aromatic rings. The molecular weight excluding hydrogens is 264 g/mol. The van der Waals surface area contributed by atoms with Crippen molar-refractivity contribution >= 4 is 5.69 Å². The molecule has 21 heavy (non-hydrogen) atoms. The molecule has 112 valence electrons. The molecule has 1 unspecified atom stereocenters. The average Bonchev–Trinajstić information content (AvgIpc) is 2.93. The van der Waals surface area contributed by atoms with Gasteiger partial charge < -0.3 is 14.6 Å². The van der Waals surface area contributed by atoms with Crippen LogP contribution in [0.15, 0.2) is 29.0 Å². The summed E-state index contributed by atoms with van der Waals surface area (Å²) < 4.78 is 5.24. The van der Waals surface area contributed by atoms with Gasteiger partial charge in [-0.15, -0.1) is 10.2 Å². The Kier molecular flexibility index (Phi) is 4.20. The third-order valence-electron chi connectivity index (χ3n) is 4.14. The maximum atomic E-state index is 5.24. The normalized spacial score (nSPS) is 20.2. The largest absolute Gasteiger partial charge is 0.423 e. The van der Waals surface area contributed by atoms with Crippen molar-refractivity contribution in [3.8, 4) is 11.5 Å². The van der Waals surface area contributed by atoms with Gasteiger partial charge in [-0.1, -0.05) is 0 Å². The van der Waals surface area contributed by atoms with Gasteiger partial charge in [-0.2, -0.15) is 0 Å². The minimum absolute atomic E-state index is 0.558. The molecule has 5 nitrogen and oxygen atoms in total. The summed E-state index contributed by atoms with van der Waals surface area (Å²) in [5.41, 5.74) is 3.38. The smallest absolute Gasteiger partial charge is 0.247 e. The molecule has 3 rings (SSSR count). The van der Waals surface area contributed by atoms with Crippen LogP contribution >= 0.6 is 0 Å².